The van der Waals surface area contributed by atoms with Gasteiger partial charge in [0.1, 0.15) is 0 Å². The van der Waals surface area contributed by atoms with Gasteiger partial charge in [-0.3, -0.25) is 0 Å². The van der Waals surface area contributed by atoms with E-state index in [1.165, 1.54) is 12.8 Å². The molecule has 0 aliphatic carbocycles. The molecule has 1 aromatic carbocycles. The standard InChI is InChI=1S/C13H18ClNO/c1-13(2,16)10-5-6-12(11(14)9-10)15-7-3-4-8-15/h5-6,9,16H,3-4,7-8H2,1-2H3. The summed E-state index contributed by atoms with van der Waals surface area (Å²) in [5.41, 5.74) is 1.13. The van der Waals surface area contributed by atoms with E-state index in [-0.39, 0.29) is 0 Å². The number of anilines is 1. The zero-order chi connectivity index (χ0) is 11.8. The van der Waals surface area contributed by atoms with Crippen LogP contribution in [0.15, 0.2) is 18.2 Å². The lowest BCUT2D eigenvalue weighted by Gasteiger charge is -2.23. The molecular weight excluding hydrogens is 222 g/mol. The minimum Gasteiger partial charge on any atom is -0.386 e. The van der Waals surface area contributed by atoms with Gasteiger partial charge >= 0.3 is 0 Å². The number of aliphatic hydroxyl groups is 1. The third-order valence-electron chi connectivity index (χ3n) is 3.10. The molecule has 1 saturated heterocycles. The molecule has 0 bridgehead atoms. The summed E-state index contributed by atoms with van der Waals surface area (Å²) in [4.78, 5) is 2.30. The fourth-order valence-electron chi connectivity index (χ4n) is 2.10. The average Bonchev–Trinajstić information content (AvgIpc) is 2.69. The lowest BCUT2D eigenvalue weighted by Crippen LogP contribution is -2.19. The molecule has 0 aromatic heterocycles. The maximum atomic E-state index is 9.90. The Labute approximate surface area is 102 Å². The van der Waals surface area contributed by atoms with E-state index >= 15 is 0 Å². The van der Waals surface area contributed by atoms with Crippen molar-refractivity contribution in [3.63, 3.8) is 0 Å². The highest BCUT2D eigenvalue weighted by molar-refractivity contribution is 6.33. The number of benzene rings is 1. The number of hydrogen-bond donors (Lipinski definition) is 1. The summed E-state index contributed by atoms with van der Waals surface area (Å²) >= 11 is 6.26. The normalized spacial score (nSPS) is 16.9. The summed E-state index contributed by atoms with van der Waals surface area (Å²) < 4.78 is 0. The van der Waals surface area contributed by atoms with Crippen LogP contribution in [0.1, 0.15) is 32.3 Å². The summed E-state index contributed by atoms with van der Waals surface area (Å²) in [6.45, 7) is 5.71. The van der Waals surface area contributed by atoms with Gasteiger partial charge in [-0.1, -0.05) is 17.7 Å². The molecule has 1 heterocycles. The Morgan fingerprint density at radius 2 is 1.88 bits per heavy atom. The second kappa shape index (κ2) is 4.27. The molecule has 16 heavy (non-hydrogen) atoms. The van der Waals surface area contributed by atoms with Crippen LogP contribution in [-0.2, 0) is 5.60 Å². The topological polar surface area (TPSA) is 23.5 Å². The zero-order valence-electron chi connectivity index (χ0n) is 9.83. The van der Waals surface area contributed by atoms with Crippen LogP contribution in [0.2, 0.25) is 5.02 Å². The van der Waals surface area contributed by atoms with Gasteiger partial charge in [0, 0.05) is 13.1 Å². The van der Waals surface area contributed by atoms with Crippen molar-refractivity contribution in [1.82, 2.24) is 0 Å². The summed E-state index contributed by atoms with van der Waals surface area (Å²) in [7, 11) is 0. The van der Waals surface area contributed by atoms with E-state index < -0.39 is 5.60 Å². The van der Waals surface area contributed by atoms with Crippen molar-refractivity contribution in [2.24, 2.45) is 0 Å². The van der Waals surface area contributed by atoms with Crippen molar-refractivity contribution in [2.75, 3.05) is 18.0 Å². The fourth-order valence-corrected chi connectivity index (χ4v) is 2.40. The minimum atomic E-state index is -0.826. The van der Waals surface area contributed by atoms with Crippen LogP contribution in [-0.4, -0.2) is 18.2 Å². The highest BCUT2D eigenvalue weighted by Crippen LogP contribution is 2.32. The van der Waals surface area contributed by atoms with Crippen LogP contribution in [0.4, 0.5) is 5.69 Å². The van der Waals surface area contributed by atoms with Gasteiger partial charge in [0.2, 0.25) is 0 Å². The van der Waals surface area contributed by atoms with Crippen molar-refractivity contribution in [2.45, 2.75) is 32.3 Å². The van der Waals surface area contributed by atoms with Gasteiger partial charge in [0.25, 0.3) is 0 Å². The third kappa shape index (κ3) is 2.33. The molecular formula is C13H18ClNO. The summed E-state index contributed by atoms with van der Waals surface area (Å²) in [5.74, 6) is 0. The predicted octanol–water partition coefficient (Wildman–Crippen LogP) is 3.17. The van der Waals surface area contributed by atoms with Gasteiger partial charge in [-0.2, -0.15) is 0 Å². The van der Waals surface area contributed by atoms with Crippen LogP contribution in [0.3, 0.4) is 0 Å². The van der Waals surface area contributed by atoms with Crippen LogP contribution < -0.4 is 4.90 Å². The Balaban J connectivity index is 2.29. The lowest BCUT2D eigenvalue weighted by molar-refractivity contribution is 0.0786. The van der Waals surface area contributed by atoms with Crippen molar-refractivity contribution < 1.29 is 5.11 Å². The van der Waals surface area contributed by atoms with E-state index in [1.54, 1.807) is 13.8 Å². The van der Waals surface area contributed by atoms with E-state index in [2.05, 4.69) is 4.90 Å². The molecule has 0 atom stereocenters. The number of nitrogens with zero attached hydrogens (tertiary/aromatic N) is 1. The van der Waals surface area contributed by atoms with E-state index in [4.69, 9.17) is 11.6 Å². The lowest BCUT2D eigenvalue weighted by atomic mass is 9.98. The first-order valence-electron chi connectivity index (χ1n) is 5.76. The van der Waals surface area contributed by atoms with Crippen molar-refractivity contribution in [3.8, 4) is 0 Å². The average molecular weight is 240 g/mol. The van der Waals surface area contributed by atoms with E-state index in [1.807, 2.05) is 18.2 Å². The Kier molecular flexibility index (Phi) is 3.13. The van der Waals surface area contributed by atoms with Gasteiger partial charge in [-0.25, -0.2) is 0 Å². The highest BCUT2D eigenvalue weighted by atomic mass is 35.5. The smallest absolute Gasteiger partial charge is 0.0841 e. The molecule has 2 nitrogen and oxygen atoms in total. The monoisotopic (exact) mass is 239 g/mol. The molecule has 1 aliphatic heterocycles. The van der Waals surface area contributed by atoms with Gasteiger partial charge in [-0.05, 0) is 44.4 Å². The largest absolute Gasteiger partial charge is 0.386 e. The molecule has 1 aliphatic rings. The maximum absolute atomic E-state index is 9.90. The zero-order valence-corrected chi connectivity index (χ0v) is 10.6. The molecule has 0 unspecified atom stereocenters. The van der Waals surface area contributed by atoms with Crippen LogP contribution >= 0.6 is 11.6 Å². The third-order valence-corrected chi connectivity index (χ3v) is 3.40. The molecule has 1 aromatic rings. The molecule has 1 N–H and O–H groups in total. The number of halogens is 1. The Bertz CT molecular complexity index is 378. The van der Waals surface area contributed by atoms with Crippen molar-refractivity contribution in [1.29, 1.82) is 0 Å². The maximum Gasteiger partial charge on any atom is 0.0841 e. The quantitative estimate of drug-likeness (QED) is 0.857. The SMILES string of the molecule is CC(C)(O)c1ccc(N2CCCC2)c(Cl)c1. The fraction of sp³-hybridized carbons (Fsp3) is 0.538. The first kappa shape index (κ1) is 11.7. The second-order valence-corrected chi connectivity index (χ2v) is 5.33. The second-order valence-electron chi connectivity index (χ2n) is 4.92. The molecule has 2 rings (SSSR count). The molecule has 1 fully saturated rings. The summed E-state index contributed by atoms with van der Waals surface area (Å²) in [6.07, 6.45) is 2.48. The van der Waals surface area contributed by atoms with Crippen molar-refractivity contribution in [3.05, 3.63) is 28.8 Å². The van der Waals surface area contributed by atoms with Gasteiger partial charge in [-0.15, -0.1) is 0 Å². The summed E-state index contributed by atoms with van der Waals surface area (Å²) in [6, 6.07) is 5.84. The van der Waals surface area contributed by atoms with Crippen LogP contribution in [0, 0.1) is 0 Å². The van der Waals surface area contributed by atoms with Crippen LogP contribution in [0.25, 0.3) is 0 Å². The van der Waals surface area contributed by atoms with E-state index in [0.717, 1.165) is 29.4 Å². The molecule has 3 heteroatoms. The van der Waals surface area contributed by atoms with Crippen molar-refractivity contribution >= 4 is 17.3 Å². The number of rotatable bonds is 2. The van der Waals surface area contributed by atoms with Crippen LogP contribution in [0.5, 0.6) is 0 Å². The Morgan fingerprint density at radius 3 is 2.38 bits per heavy atom. The molecule has 0 saturated carbocycles. The van der Waals surface area contributed by atoms with Gasteiger partial charge in [0.15, 0.2) is 0 Å². The summed E-state index contributed by atoms with van der Waals surface area (Å²) in [5, 5.41) is 10.6. The number of hydrogen-bond acceptors (Lipinski definition) is 2. The van der Waals surface area contributed by atoms with Gasteiger partial charge < -0.3 is 10.0 Å². The first-order valence-corrected chi connectivity index (χ1v) is 6.13. The first-order chi connectivity index (χ1) is 7.48. The van der Waals surface area contributed by atoms with E-state index in [9.17, 15) is 5.11 Å². The Morgan fingerprint density at radius 1 is 1.25 bits per heavy atom. The predicted molar refractivity (Wildman–Crippen MR) is 68.1 cm³/mol. The highest BCUT2D eigenvalue weighted by Gasteiger charge is 2.20. The minimum absolute atomic E-state index is 0.738. The van der Waals surface area contributed by atoms with Gasteiger partial charge in [0.05, 0.1) is 16.3 Å². The molecule has 88 valence electrons. The molecule has 0 radical (unpaired) electrons. The van der Waals surface area contributed by atoms with E-state index in [0.29, 0.717) is 0 Å². The Hall–Kier alpha value is -0.730. The molecule has 0 amide bonds. The molecule has 0 spiro atoms.